The first-order valence-corrected chi connectivity index (χ1v) is 7.97. The number of phenols is 1. The Morgan fingerprint density at radius 3 is 2.62 bits per heavy atom. The summed E-state index contributed by atoms with van der Waals surface area (Å²) in [5.41, 5.74) is 1.15. The van der Waals surface area contributed by atoms with Crippen LogP contribution >= 0.6 is 15.9 Å². The fourth-order valence-electron chi connectivity index (χ4n) is 1.93. The zero-order valence-electron chi connectivity index (χ0n) is 12.9. The van der Waals surface area contributed by atoms with Crippen LogP contribution in [0.5, 0.6) is 11.5 Å². The van der Waals surface area contributed by atoms with E-state index < -0.39 is 5.91 Å². The third-order valence-corrected chi connectivity index (χ3v) is 3.71. The summed E-state index contributed by atoms with van der Waals surface area (Å²) in [6.07, 6.45) is 1.45. The highest BCUT2D eigenvalue weighted by atomic mass is 79.9. The summed E-state index contributed by atoms with van der Waals surface area (Å²) >= 11 is 3.19. The highest BCUT2D eigenvalue weighted by Gasteiger charge is 2.10. The van der Waals surface area contributed by atoms with Crippen molar-refractivity contribution in [2.24, 2.45) is 0 Å². The van der Waals surface area contributed by atoms with Gasteiger partial charge < -0.3 is 15.2 Å². The number of amides is 1. The van der Waals surface area contributed by atoms with Crippen LogP contribution in [0.1, 0.15) is 12.5 Å². The van der Waals surface area contributed by atoms with E-state index in [1.165, 1.54) is 12.1 Å². The number of halogens is 1. The molecule has 6 heteroatoms. The summed E-state index contributed by atoms with van der Waals surface area (Å²) in [5.74, 6) is 0.288. The molecular weight excluding hydrogens is 372 g/mol. The number of ether oxygens (including phenoxy) is 1. The lowest BCUT2D eigenvalue weighted by molar-refractivity contribution is -0.112. The molecule has 2 rings (SSSR count). The maximum Gasteiger partial charge on any atom is 0.266 e. The van der Waals surface area contributed by atoms with Gasteiger partial charge in [-0.3, -0.25) is 4.79 Å². The van der Waals surface area contributed by atoms with Crippen molar-refractivity contribution in [3.63, 3.8) is 0 Å². The minimum Gasteiger partial charge on any atom is -0.507 e. The highest BCUT2D eigenvalue weighted by Crippen LogP contribution is 2.25. The Morgan fingerprint density at radius 2 is 2.04 bits per heavy atom. The first-order chi connectivity index (χ1) is 11.5. The molecular formula is C18H15BrN2O3. The molecule has 0 unspecified atom stereocenters. The Kier molecular flexibility index (Phi) is 5.99. The van der Waals surface area contributed by atoms with Gasteiger partial charge in [0.1, 0.15) is 23.1 Å². The first kappa shape index (κ1) is 17.6. The summed E-state index contributed by atoms with van der Waals surface area (Å²) in [7, 11) is 0. The van der Waals surface area contributed by atoms with E-state index in [2.05, 4.69) is 21.2 Å². The molecule has 2 aromatic carbocycles. The van der Waals surface area contributed by atoms with Crippen molar-refractivity contribution in [3.8, 4) is 17.6 Å². The standard InChI is InChI=1S/C18H15BrN2O3/c1-2-24-15-6-4-14(5-7-15)21-18(23)13(11-20)9-12-3-8-17(22)16(19)10-12/h3-10,22H,2H2,1H3,(H,21,23). The van der Waals surface area contributed by atoms with E-state index in [1.807, 2.05) is 13.0 Å². The van der Waals surface area contributed by atoms with Gasteiger partial charge in [0.05, 0.1) is 11.1 Å². The molecule has 0 fully saturated rings. The van der Waals surface area contributed by atoms with Crippen molar-refractivity contribution < 1.29 is 14.6 Å². The van der Waals surface area contributed by atoms with Gasteiger partial charge >= 0.3 is 0 Å². The van der Waals surface area contributed by atoms with E-state index in [0.717, 1.165) is 0 Å². The average Bonchev–Trinajstić information content (AvgIpc) is 2.57. The van der Waals surface area contributed by atoms with Crippen LogP contribution in [0.15, 0.2) is 52.5 Å². The van der Waals surface area contributed by atoms with Gasteiger partial charge in [-0.2, -0.15) is 5.26 Å². The molecule has 0 atom stereocenters. The second-order valence-electron chi connectivity index (χ2n) is 4.79. The number of carbonyl (C=O) groups is 1. The predicted octanol–water partition coefficient (Wildman–Crippen LogP) is 4.10. The minimum atomic E-state index is -0.508. The summed E-state index contributed by atoms with van der Waals surface area (Å²) in [4.78, 5) is 12.2. The third-order valence-electron chi connectivity index (χ3n) is 3.07. The van der Waals surface area contributed by atoms with Crippen LogP contribution in [0.3, 0.4) is 0 Å². The van der Waals surface area contributed by atoms with Crippen LogP contribution in [0.4, 0.5) is 5.69 Å². The lowest BCUT2D eigenvalue weighted by atomic mass is 10.1. The number of hydrogen-bond acceptors (Lipinski definition) is 4. The number of anilines is 1. The molecule has 122 valence electrons. The first-order valence-electron chi connectivity index (χ1n) is 7.18. The molecule has 24 heavy (non-hydrogen) atoms. The SMILES string of the molecule is CCOc1ccc(NC(=O)C(C#N)=Cc2ccc(O)c(Br)c2)cc1. The average molecular weight is 387 g/mol. The molecule has 0 aliphatic heterocycles. The Balaban J connectivity index is 2.15. The molecule has 0 heterocycles. The second kappa shape index (κ2) is 8.18. The van der Waals surface area contributed by atoms with Crippen molar-refractivity contribution in [3.05, 3.63) is 58.1 Å². The van der Waals surface area contributed by atoms with Crippen LogP contribution in [0.25, 0.3) is 6.08 Å². The molecule has 0 aliphatic rings. The number of benzene rings is 2. The maximum absolute atomic E-state index is 12.2. The van der Waals surface area contributed by atoms with Gasteiger partial charge in [-0.15, -0.1) is 0 Å². The van der Waals surface area contributed by atoms with E-state index in [0.29, 0.717) is 28.1 Å². The van der Waals surface area contributed by atoms with Gasteiger partial charge in [0.15, 0.2) is 0 Å². The zero-order valence-corrected chi connectivity index (χ0v) is 14.5. The largest absolute Gasteiger partial charge is 0.507 e. The molecule has 1 amide bonds. The molecule has 0 aliphatic carbocycles. The molecule has 2 N–H and O–H groups in total. The third kappa shape index (κ3) is 4.61. The number of aromatic hydroxyl groups is 1. The number of nitrogens with zero attached hydrogens (tertiary/aromatic N) is 1. The van der Waals surface area contributed by atoms with Crippen LogP contribution in [-0.4, -0.2) is 17.6 Å². The molecule has 0 saturated carbocycles. The van der Waals surface area contributed by atoms with Crippen LogP contribution < -0.4 is 10.1 Å². The summed E-state index contributed by atoms with van der Waals surface area (Å²) in [6, 6.07) is 13.5. The number of nitrogens with one attached hydrogen (secondary N) is 1. The molecule has 0 saturated heterocycles. The fourth-order valence-corrected chi connectivity index (χ4v) is 2.32. The summed E-state index contributed by atoms with van der Waals surface area (Å²) in [6.45, 7) is 2.45. The van der Waals surface area contributed by atoms with Gasteiger partial charge in [-0.25, -0.2) is 0 Å². The highest BCUT2D eigenvalue weighted by molar-refractivity contribution is 9.10. The Hall–Kier alpha value is -2.78. The van der Waals surface area contributed by atoms with Gasteiger partial charge in [0.2, 0.25) is 0 Å². The van der Waals surface area contributed by atoms with Crippen LogP contribution in [0.2, 0.25) is 0 Å². The molecule has 2 aromatic rings. The van der Waals surface area contributed by atoms with Gasteiger partial charge in [-0.1, -0.05) is 6.07 Å². The molecule has 0 spiro atoms. The van der Waals surface area contributed by atoms with E-state index in [9.17, 15) is 15.2 Å². The van der Waals surface area contributed by atoms with Crippen LogP contribution in [-0.2, 0) is 4.79 Å². The number of carbonyl (C=O) groups excluding carboxylic acids is 1. The van der Waals surface area contributed by atoms with Crippen molar-refractivity contribution in [1.82, 2.24) is 0 Å². The monoisotopic (exact) mass is 386 g/mol. The van der Waals surface area contributed by atoms with E-state index >= 15 is 0 Å². The molecule has 0 radical (unpaired) electrons. The Bertz CT molecular complexity index is 808. The zero-order chi connectivity index (χ0) is 17.5. The van der Waals surface area contributed by atoms with Gasteiger partial charge in [0.25, 0.3) is 5.91 Å². The van der Waals surface area contributed by atoms with Gasteiger partial charge in [-0.05, 0) is 70.9 Å². The Morgan fingerprint density at radius 1 is 1.33 bits per heavy atom. The number of phenolic OH excluding ortho intramolecular Hbond substituents is 1. The van der Waals surface area contributed by atoms with Crippen molar-refractivity contribution in [1.29, 1.82) is 5.26 Å². The van der Waals surface area contributed by atoms with Crippen molar-refractivity contribution >= 4 is 33.6 Å². The number of hydrogen-bond donors (Lipinski definition) is 2. The summed E-state index contributed by atoms with van der Waals surface area (Å²) < 4.78 is 5.82. The minimum absolute atomic E-state index is 0.0403. The quantitative estimate of drug-likeness (QED) is 0.598. The van der Waals surface area contributed by atoms with E-state index in [4.69, 9.17) is 4.74 Å². The Labute approximate surface area is 148 Å². The smallest absolute Gasteiger partial charge is 0.266 e. The van der Waals surface area contributed by atoms with E-state index in [1.54, 1.807) is 36.4 Å². The lowest BCUT2D eigenvalue weighted by Gasteiger charge is -2.07. The van der Waals surface area contributed by atoms with Crippen molar-refractivity contribution in [2.45, 2.75) is 6.92 Å². The summed E-state index contributed by atoms with van der Waals surface area (Å²) in [5, 5.41) is 21.4. The fraction of sp³-hybridized carbons (Fsp3) is 0.111. The van der Waals surface area contributed by atoms with Gasteiger partial charge in [0, 0.05) is 5.69 Å². The maximum atomic E-state index is 12.2. The van der Waals surface area contributed by atoms with Crippen molar-refractivity contribution in [2.75, 3.05) is 11.9 Å². The molecule has 0 aromatic heterocycles. The molecule has 5 nitrogen and oxygen atoms in total. The number of rotatable bonds is 5. The lowest BCUT2D eigenvalue weighted by Crippen LogP contribution is -2.13. The van der Waals surface area contributed by atoms with E-state index in [-0.39, 0.29) is 11.3 Å². The predicted molar refractivity (Wildman–Crippen MR) is 95.6 cm³/mol. The molecule has 0 bridgehead atoms. The number of nitriles is 1. The topological polar surface area (TPSA) is 82.3 Å². The normalized spacial score (nSPS) is 10.8. The van der Waals surface area contributed by atoms with Crippen LogP contribution in [0, 0.1) is 11.3 Å². The second-order valence-corrected chi connectivity index (χ2v) is 5.65.